The highest BCUT2D eigenvalue weighted by atomic mass is 35.5. The number of carbonyl (C=O) groups excluding carboxylic acids is 1. The number of aliphatic imine (C=N–C) groups is 1. The van der Waals surface area contributed by atoms with E-state index in [1.807, 2.05) is 36.4 Å². The molecule has 2 nitrogen and oxygen atoms in total. The Morgan fingerprint density at radius 1 is 1.00 bits per heavy atom. The van der Waals surface area contributed by atoms with Crippen molar-refractivity contribution in [3.63, 3.8) is 0 Å². The van der Waals surface area contributed by atoms with Gasteiger partial charge in [0.25, 0.3) is 0 Å². The van der Waals surface area contributed by atoms with Gasteiger partial charge in [0, 0.05) is 23.7 Å². The van der Waals surface area contributed by atoms with E-state index in [1.54, 1.807) is 7.05 Å². The van der Waals surface area contributed by atoms with Gasteiger partial charge in [-0.2, -0.15) is 0 Å². The smallest absolute Gasteiger partial charge is 0.195 e. The molecular weight excluding hydrogens is 282 g/mol. The van der Waals surface area contributed by atoms with E-state index in [9.17, 15) is 4.79 Å². The summed E-state index contributed by atoms with van der Waals surface area (Å²) in [5, 5.41) is 0.495. The zero-order valence-corrected chi connectivity index (χ0v) is 13.0. The van der Waals surface area contributed by atoms with Crippen molar-refractivity contribution in [2.45, 2.75) is 19.8 Å². The molecule has 0 saturated heterocycles. The van der Waals surface area contributed by atoms with Crippen molar-refractivity contribution >= 4 is 23.1 Å². The third-order valence-electron chi connectivity index (χ3n) is 3.92. The summed E-state index contributed by atoms with van der Waals surface area (Å²) in [5.74, 6) is 0.284. The molecule has 0 heterocycles. The first kappa shape index (κ1) is 14.0. The van der Waals surface area contributed by atoms with Crippen LogP contribution in [0.1, 0.15) is 52.4 Å². The number of rotatable bonds is 1. The third-order valence-corrected chi connectivity index (χ3v) is 4.24. The van der Waals surface area contributed by atoms with Gasteiger partial charge in [0.05, 0.1) is 16.3 Å². The SMILES string of the molecule is CN=C1c2ccccc2C(=O)c2c(Cl)ccc(C(C)C)c21. The van der Waals surface area contributed by atoms with Crippen LogP contribution in [0.2, 0.25) is 5.02 Å². The predicted octanol–water partition coefficient (Wildman–Crippen LogP) is 4.48. The van der Waals surface area contributed by atoms with Crippen LogP contribution in [0.15, 0.2) is 41.4 Å². The van der Waals surface area contributed by atoms with Gasteiger partial charge in [0.1, 0.15) is 0 Å². The van der Waals surface area contributed by atoms with E-state index in [-0.39, 0.29) is 5.78 Å². The molecule has 0 aliphatic heterocycles. The number of carbonyl (C=O) groups is 1. The first-order valence-corrected chi connectivity index (χ1v) is 7.37. The molecule has 1 aliphatic rings. The van der Waals surface area contributed by atoms with Gasteiger partial charge in [-0.1, -0.05) is 55.8 Å². The summed E-state index contributed by atoms with van der Waals surface area (Å²) in [4.78, 5) is 17.3. The normalized spacial score (nSPS) is 15.3. The highest BCUT2D eigenvalue weighted by Crippen LogP contribution is 2.36. The topological polar surface area (TPSA) is 29.4 Å². The van der Waals surface area contributed by atoms with Crippen molar-refractivity contribution in [1.82, 2.24) is 0 Å². The summed E-state index contributed by atoms with van der Waals surface area (Å²) in [6.45, 7) is 4.23. The fraction of sp³-hybridized carbons (Fsp3) is 0.222. The van der Waals surface area contributed by atoms with Gasteiger partial charge in [0.2, 0.25) is 0 Å². The van der Waals surface area contributed by atoms with Crippen molar-refractivity contribution in [3.8, 4) is 0 Å². The van der Waals surface area contributed by atoms with Gasteiger partial charge in [-0.05, 0) is 17.5 Å². The molecule has 3 rings (SSSR count). The molecule has 1 aliphatic carbocycles. The van der Waals surface area contributed by atoms with Crippen LogP contribution in [0.25, 0.3) is 0 Å². The quantitative estimate of drug-likeness (QED) is 0.651. The van der Waals surface area contributed by atoms with Crippen LogP contribution in [0.3, 0.4) is 0 Å². The van der Waals surface area contributed by atoms with E-state index < -0.39 is 0 Å². The second kappa shape index (κ2) is 5.12. The minimum Gasteiger partial charge on any atom is -0.289 e. The van der Waals surface area contributed by atoms with E-state index >= 15 is 0 Å². The average Bonchev–Trinajstić information content (AvgIpc) is 2.47. The fourth-order valence-electron chi connectivity index (χ4n) is 2.94. The molecule has 0 atom stereocenters. The van der Waals surface area contributed by atoms with Crippen molar-refractivity contribution in [2.75, 3.05) is 7.05 Å². The van der Waals surface area contributed by atoms with Crippen LogP contribution in [0, 0.1) is 0 Å². The highest BCUT2D eigenvalue weighted by molar-refractivity contribution is 6.39. The molecule has 3 heteroatoms. The van der Waals surface area contributed by atoms with Crippen molar-refractivity contribution in [2.24, 2.45) is 4.99 Å². The molecular formula is C18H16ClNO. The number of fused-ring (bicyclic) bond motifs is 2. The number of benzene rings is 2. The Kier molecular flexibility index (Phi) is 3.42. The van der Waals surface area contributed by atoms with Crippen molar-refractivity contribution < 1.29 is 4.79 Å². The second-order valence-electron chi connectivity index (χ2n) is 5.49. The van der Waals surface area contributed by atoms with Crippen LogP contribution in [-0.4, -0.2) is 18.5 Å². The summed E-state index contributed by atoms with van der Waals surface area (Å²) < 4.78 is 0. The Hall–Kier alpha value is -1.93. The van der Waals surface area contributed by atoms with Gasteiger partial charge in [-0.25, -0.2) is 0 Å². The van der Waals surface area contributed by atoms with Crippen LogP contribution in [0.4, 0.5) is 0 Å². The number of nitrogens with zero attached hydrogens (tertiary/aromatic N) is 1. The van der Waals surface area contributed by atoms with Crippen LogP contribution in [-0.2, 0) is 0 Å². The van der Waals surface area contributed by atoms with Gasteiger partial charge >= 0.3 is 0 Å². The molecule has 2 aromatic carbocycles. The molecule has 0 unspecified atom stereocenters. The van der Waals surface area contributed by atoms with Gasteiger partial charge < -0.3 is 0 Å². The van der Waals surface area contributed by atoms with E-state index in [4.69, 9.17) is 11.6 Å². The second-order valence-corrected chi connectivity index (χ2v) is 5.90. The van der Waals surface area contributed by atoms with E-state index in [2.05, 4.69) is 18.8 Å². The molecule has 0 radical (unpaired) electrons. The maximum Gasteiger partial charge on any atom is 0.195 e. The van der Waals surface area contributed by atoms with E-state index in [1.165, 1.54) is 0 Å². The Labute approximate surface area is 129 Å². The molecule has 0 N–H and O–H groups in total. The maximum absolute atomic E-state index is 12.8. The van der Waals surface area contributed by atoms with Crippen LogP contribution < -0.4 is 0 Å². The summed E-state index contributed by atoms with van der Waals surface area (Å²) in [7, 11) is 1.76. The molecule has 0 spiro atoms. The van der Waals surface area contributed by atoms with Crippen molar-refractivity contribution in [3.05, 3.63) is 69.2 Å². The molecule has 106 valence electrons. The molecule has 0 fully saturated rings. The maximum atomic E-state index is 12.8. The van der Waals surface area contributed by atoms with Crippen LogP contribution >= 0.6 is 11.6 Å². The third kappa shape index (κ3) is 2.02. The van der Waals surface area contributed by atoms with E-state index in [0.29, 0.717) is 22.1 Å². The Morgan fingerprint density at radius 3 is 2.29 bits per heavy atom. The van der Waals surface area contributed by atoms with Gasteiger partial charge in [0.15, 0.2) is 5.78 Å². The lowest BCUT2D eigenvalue weighted by Gasteiger charge is -2.25. The molecule has 2 aromatic rings. The number of halogens is 1. The fourth-order valence-corrected chi connectivity index (χ4v) is 3.18. The summed E-state index contributed by atoms with van der Waals surface area (Å²) in [5.41, 5.74) is 5.00. The summed E-state index contributed by atoms with van der Waals surface area (Å²) >= 11 is 6.33. The minimum absolute atomic E-state index is 0.0134. The lowest BCUT2D eigenvalue weighted by Crippen LogP contribution is -2.24. The first-order valence-electron chi connectivity index (χ1n) is 7.00. The standard InChI is InChI=1S/C18H16ClNO/c1-10(2)11-8-9-14(19)16-15(11)17(20-3)12-6-4-5-7-13(12)18(16)21/h4-10H,1-3H3. The predicted molar refractivity (Wildman–Crippen MR) is 87.0 cm³/mol. The Morgan fingerprint density at radius 2 is 1.67 bits per heavy atom. The number of ketones is 1. The van der Waals surface area contributed by atoms with E-state index in [0.717, 1.165) is 22.4 Å². The molecule has 0 saturated carbocycles. The lowest BCUT2D eigenvalue weighted by atomic mass is 9.79. The van der Waals surface area contributed by atoms with Crippen LogP contribution in [0.5, 0.6) is 0 Å². The largest absolute Gasteiger partial charge is 0.289 e. The Bertz CT molecular complexity index is 775. The summed E-state index contributed by atoms with van der Waals surface area (Å²) in [6, 6.07) is 11.4. The molecule has 0 amide bonds. The highest BCUT2D eigenvalue weighted by Gasteiger charge is 2.31. The molecule has 21 heavy (non-hydrogen) atoms. The number of hydrogen-bond donors (Lipinski definition) is 0. The zero-order chi connectivity index (χ0) is 15.1. The Balaban J connectivity index is 2.43. The average molecular weight is 298 g/mol. The first-order chi connectivity index (χ1) is 10.1. The van der Waals surface area contributed by atoms with Gasteiger partial charge in [-0.3, -0.25) is 9.79 Å². The monoisotopic (exact) mass is 297 g/mol. The lowest BCUT2D eigenvalue weighted by molar-refractivity contribution is 0.103. The summed E-state index contributed by atoms with van der Waals surface area (Å²) in [6.07, 6.45) is 0. The molecule has 0 bridgehead atoms. The minimum atomic E-state index is -0.0134. The van der Waals surface area contributed by atoms with Gasteiger partial charge in [-0.15, -0.1) is 0 Å². The number of hydrogen-bond acceptors (Lipinski definition) is 2. The van der Waals surface area contributed by atoms with Crippen molar-refractivity contribution in [1.29, 1.82) is 0 Å². The zero-order valence-electron chi connectivity index (χ0n) is 12.3. The molecule has 0 aromatic heterocycles.